The van der Waals surface area contributed by atoms with Crippen LogP contribution in [0, 0.1) is 5.82 Å². The van der Waals surface area contributed by atoms with E-state index >= 15 is 0 Å². The molecule has 1 atom stereocenters. The number of halogens is 2. The van der Waals surface area contributed by atoms with E-state index in [0.717, 1.165) is 6.42 Å². The van der Waals surface area contributed by atoms with Crippen molar-refractivity contribution in [3.63, 3.8) is 0 Å². The monoisotopic (exact) mass is 261 g/mol. The van der Waals surface area contributed by atoms with Gasteiger partial charge < -0.3 is 10.5 Å². The average Bonchev–Trinajstić information content (AvgIpc) is 2.19. The lowest BCUT2D eigenvalue weighted by Crippen LogP contribution is -2.25. The lowest BCUT2D eigenvalue weighted by atomic mass is 10.2. The van der Waals surface area contributed by atoms with E-state index in [9.17, 15) is 4.39 Å². The van der Waals surface area contributed by atoms with Gasteiger partial charge in [-0.25, -0.2) is 4.39 Å². The van der Waals surface area contributed by atoms with Crippen molar-refractivity contribution in [3.8, 4) is 5.75 Å². The van der Waals surface area contributed by atoms with Gasteiger partial charge in [-0.3, -0.25) is 0 Å². The highest BCUT2D eigenvalue weighted by molar-refractivity contribution is 9.10. The van der Waals surface area contributed by atoms with Crippen LogP contribution in [0.25, 0.3) is 0 Å². The molecule has 2 nitrogen and oxygen atoms in total. The Bertz CT molecular complexity index is 302. The molecule has 0 bridgehead atoms. The van der Waals surface area contributed by atoms with Crippen LogP contribution in [0.2, 0.25) is 0 Å². The first kappa shape index (κ1) is 11.5. The summed E-state index contributed by atoms with van der Waals surface area (Å²) in [7, 11) is 0. The van der Waals surface area contributed by atoms with Gasteiger partial charge >= 0.3 is 0 Å². The van der Waals surface area contributed by atoms with E-state index in [1.807, 2.05) is 6.92 Å². The molecule has 1 aromatic carbocycles. The highest BCUT2D eigenvalue weighted by Crippen LogP contribution is 2.22. The molecule has 14 heavy (non-hydrogen) atoms. The number of hydrogen-bond acceptors (Lipinski definition) is 2. The van der Waals surface area contributed by atoms with Crippen LogP contribution in [0.1, 0.15) is 13.3 Å². The summed E-state index contributed by atoms with van der Waals surface area (Å²) in [6.07, 6.45) is 0.832. The molecule has 0 amide bonds. The maximum Gasteiger partial charge on any atom is 0.137 e. The van der Waals surface area contributed by atoms with Gasteiger partial charge in [-0.2, -0.15) is 0 Å². The van der Waals surface area contributed by atoms with Gasteiger partial charge in [-0.15, -0.1) is 0 Å². The van der Waals surface area contributed by atoms with E-state index in [4.69, 9.17) is 10.5 Å². The second-order valence-electron chi connectivity index (χ2n) is 2.96. The summed E-state index contributed by atoms with van der Waals surface area (Å²) in [5.74, 6) is 0.341. The molecule has 0 aliphatic rings. The van der Waals surface area contributed by atoms with Crippen molar-refractivity contribution >= 4 is 15.9 Å². The van der Waals surface area contributed by atoms with Crippen molar-refractivity contribution in [1.29, 1.82) is 0 Å². The minimum atomic E-state index is -0.293. The number of nitrogens with two attached hydrogens (primary N) is 1. The molecule has 0 saturated heterocycles. The first-order chi connectivity index (χ1) is 6.67. The van der Waals surface area contributed by atoms with E-state index in [1.54, 1.807) is 12.1 Å². The third kappa shape index (κ3) is 2.96. The van der Waals surface area contributed by atoms with E-state index in [2.05, 4.69) is 15.9 Å². The smallest absolute Gasteiger partial charge is 0.137 e. The lowest BCUT2D eigenvalue weighted by molar-refractivity contribution is 0.205. The molecule has 1 aromatic rings. The number of benzene rings is 1. The zero-order valence-electron chi connectivity index (χ0n) is 7.97. The SMILES string of the molecule is CCC(CN)Oc1ccc(F)c(Br)c1. The molecule has 2 N–H and O–H groups in total. The summed E-state index contributed by atoms with van der Waals surface area (Å²) in [5, 5.41) is 0. The second-order valence-corrected chi connectivity index (χ2v) is 3.81. The average molecular weight is 262 g/mol. The molecule has 0 spiro atoms. The van der Waals surface area contributed by atoms with Gasteiger partial charge in [-0.05, 0) is 40.5 Å². The Kier molecular flexibility index (Phi) is 4.35. The number of rotatable bonds is 4. The Balaban J connectivity index is 2.72. The summed E-state index contributed by atoms with van der Waals surface area (Å²) in [4.78, 5) is 0. The standard InChI is InChI=1S/C10H13BrFNO/c1-2-7(6-13)14-8-3-4-10(12)9(11)5-8/h3-5,7H,2,6,13H2,1H3. The van der Waals surface area contributed by atoms with Crippen LogP contribution in [-0.2, 0) is 0 Å². The molecule has 0 saturated carbocycles. The first-order valence-corrected chi connectivity index (χ1v) is 5.28. The summed E-state index contributed by atoms with van der Waals surface area (Å²) in [6.45, 7) is 2.46. The van der Waals surface area contributed by atoms with Gasteiger partial charge in [-0.1, -0.05) is 6.92 Å². The molecule has 1 unspecified atom stereocenters. The molecule has 0 aliphatic heterocycles. The Morgan fingerprint density at radius 1 is 1.57 bits per heavy atom. The normalized spacial score (nSPS) is 12.6. The van der Waals surface area contributed by atoms with Crippen LogP contribution in [0.5, 0.6) is 5.75 Å². The summed E-state index contributed by atoms with van der Waals surface area (Å²) >= 11 is 3.09. The Morgan fingerprint density at radius 3 is 2.79 bits per heavy atom. The summed E-state index contributed by atoms with van der Waals surface area (Å²) in [5.41, 5.74) is 5.49. The van der Waals surface area contributed by atoms with Crippen molar-refractivity contribution in [1.82, 2.24) is 0 Å². The van der Waals surface area contributed by atoms with Crippen molar-refractivity contribution < 1.29 is 9.13 Å². The van der Waals surface area contributed by atoms with Crippen LogP contribution in [0.15, 0.2) is 22.7 Å². The van der Waals surface area contributed by atoms with Crippen molar-refractivity contribution in [2.45, 2.75) is 19.4 Å². The van der Waals surface area contributed by atoms with Crippen molar-refractivity contribution in [2.75, 3.05) is 6.54 Å². The fraction of sp³-hybridized carbons (Fsp3) is 0.400. The third-order valence-electron chi connectivity index (χ3n) is 1.91. The van der Waals surface area contributed by atoms with Crippen LogP contribution >= 0.6 is 15.9 Å². The summed E-state index contributed by atoms with van der Waals surface area (Å²) < 4.78 is 18.8. The fourth-order valence-corrected chi connectivity index (χ4v) is 1.40. The molecular weight excluding hydrogens is 249 g/mol. The minimum Gasteiger partial charge on any atom is -0.489 e. The second kappa shape index (κ2) is 5.32. The number of ether oxygens (including phenoxy) is 1. The Morgan fingerprint density at radius 2 is 2.29 bits per heavy atom. The zero-order valence-corrected chi connectivity index (χ0v) is 9.55. The molecule has 0 fully saturated rings. The maximum absolute atomic E-state index is 12.9. The van der Waals surface area contributed by atoms with Crippen LogP contribution in [-0.4, -0.2) is 12.6 Å². The molecule has 0 heterocycles. The molecule has 0 radical (unpaired) electrons. The van der Waals surface area contributed by atoms with E-state index in [-0.39, 0.29) is 11.9 Å². The van der Waals surface area contributed by atoms with E-state index in [1.165, 1.54) is 6.07 Å². The first-order valence-electron chi connectivity index (χ1n) is 4.49. The fourth-order valence-electron chi connectivity index (χ4n) is 1.04. The van der Waals surface area contributed by atoms with Crippen molar-refractivity contribution in [3.05, 3.63) is 28.5 Å². The summed E-state index contributed by atoms with van der Waals surface area (Å²) in [6, 6.07) is 4.56. The quantitative estimate of drug-likeness (QED) is 0.905. The van der Waals surface area contributed by atoms with Crippen LogP contribution < -0.4 is 10.5 Å². The van der Waals surface area contributed by atoms with E-state index < -0.39 is 0 Å². The zero-order chi connectivity index (χ0) is 10.6. The Labute approximate surface area is 91.4 Å². The van der Waals surface area contributed by atoms with Crippen molar-refractivity contribution in [2.24, 2.45) is 5.73 Å². The third-order valence-corrected chi connectivity index (χ3v) is 2.52. The molecule has 0 aliphatic carbocycles. The maximum atomic E-state index is 12.9. The van der Waals surface area contributed by atoms with Gasteiger partial charge in [0.1, 0.15) is 17.7 Å². The minimum absolute atomic E-state index is 0.00707. The van der Waals surface area contributed by atoms with Gasteiger partial charge in [0.2, 0.25) is 0 Å². The largest absolute Gasteiger partial charge is 0.489 e. The van der Waals surface area contributed by atoms with E-state index in [0.29, 0.717) is 16.8 Å². The Hall–Kier alpha value is -0.610. The molecule has 78 valence electrons. The molecule has 1 rings (SSSR count). The van der Waals surface area contributed by atoms with Gasteiger partial charge in [0.15, 0.2) is 0 Å². The predicted octanol–water partition coefficient (Wildman–Crippen LogP) is 2.70. The van der Waals surface area contributed by atoms with Crippen LogP contribution in [0.4, 0.5) is 4.39 Å². The predicted molar refractivity (Wildman–Crippen MR) is 57.9 cm³/mol. The molecular formula is C10H13BrFNO. The van der Waals surface area contributed by atoms with Crippen LogP contribution in [0.3, 0.4) is 0 Å². The van der Waals surface area contributed by atoms with Gasteiger partial charge in [0.25, 0.3) is 0 Å². The highest BCUT2D eigenvalue weighted by Gasteiger charge is 2.07. The topological polar surface area (TPSA) is 35.2 Å². The lowest BCUT2D eigenvalue weighted by Gasteiger charge is -2.15. The van der Waals surface area contributed by atoms with Gasteiger partial charge in [0, 0.05) is 6.54 Å². The molecule has 4 heteroatoms. The highest BCUT2D eigenvalue weighted by atomic mass is 79.9. The van der Waals surface area contributed by atoms with Gasteiger partial charge in [0.05, 0.1) is 4.47 Å². The number of hydrogen-bond donors (Lipinski definition) is 1. The molecule has 0 aromatic heterocycles.